The average molecular weight is 180 g/mol. The van der Waals surface area contributed by atoms with E-state index in [1.165, 1.54) is 0 Å². The van der Waals surface area contributed by atoms with Crippen molar-refractivity contribution in [3.8, 4) is 5.88 Å². The average Bonchev–Trinajstić information content (AvgIpc) is 2.15. The van der Waals surface area contributed by atoms with Gasteiger partial charge in [-0.25, -0.2) is 4.98 Å². The third kappa shape index (κ3) is 2.70. The summed E-state index contributed by atoms with van der Waals surface area (Å²) in [4.78, 5) is 4.28. The van der Waals surface area contributed by atoms with E-state index in [2.05, 4.69) is 11.9 Å². The number of nitrogens with two attached hydrogens (primary N) is 1. The fourth-order valence-electron chi connectivity index (χ4n) is 1.07. The Morgan fingerprint density at radius 1 is 1.46 bits per heavy atom. The number of ether oxygens (including phenoxy) is 1. The molecule has 13 heavy (non-hydrogen) atoms. The Labute approximate surface area is 78.9 Å². The van der Waals surface area contributed by atoms with Gasteiger partial charge in [0.1, 0.15) is 0 Å². The molecular weight excluding hydrogens is 164 g/mol. The highest BCUT2D eigenvalue weighted by molar-refractivity contribution is 5.24. The quantitative estimate of drug-likeness (QED) is 0.766. The molecule has 0 fully saturated rings. The van der Waals surface area contributed by atoms with Crippen LogP contribution in [-0.4, -0.2) is 11.6 Å². The topological polar surface area (TPSA) is 48.1 Å². The molecule has 1 aromatic rings. The lowest BCUT2D eigenvalue weighted by Crippen LogP contribution is -2.03. The molecule has 1 heterocycles. The summed E-state index contributed by atoms with van der Waals surface area (Å²) in [7, 11) is 0. The van der Waals surface area contributed by atoms with Crippen molar-refractivity contribution < 1.29 is 4.74 Å². The van der Waals surface area contributed by atoms with Crippen molar-refractivity contribution in [1.29, 1.82) is 0 Å². The van der Waals surface area contributed by atoms with E-state index in [9.17, 15) is 0 Å². The maximum absolute atomic E-state index is 5.52. The Kier molecular flexibility index (Phi) is 3.71. The number of hydrogen-bond donors (Lipinski definition) is 1. The van der Waals surface area contributed by atoms with Crippen LogP contribution in [0.5, 0.6) is 5.88 Å². The Morgan fingerprint density at radius 2 is 2.23 bits per heavy atom. The second-order valence-corrected chi connectivity index (χ2v) is 2.95. The van der Waals surface area contributed by atoms with Crippen LogP contribution < -0.4 is 10.5 Å². The molecular formula is C10H16N2O. The number of aromatic nitrogens is 1. The van der Waals surface area contributed by atoms with Crippen molar-refractivity contribution in [3.05, 3.63) is 23.4 Å². The maximum Gasteiger partial charge on any atom is 0.213 e. The number of hydrogen-bond acceptors (Lipinski definition) is 3. The molecule has 0 amide bonds. The molecule has 1 aromatic heterocycles. The lowest BCUT2D eigenvalue weighted by molar-refractivity contribution is 0.304. The summed E-state index contributed by atoms with van der Waals surface area (Å²) in [6.45, 7) is 5.27. The van der Waals surface area contributed by atoms with Gasteiger partial charge in [-0.15, -0.1) is 0 Å². The Hall–Kier alpha value is -1.09. The van der Waals surface area contributed by atoms with Gasteiger partial charge in [-0.3, -0.25) is 0 Å². The standard InChI is InChI=1S/C10H16N2O/c1-3-6-13-10-5-4-9(7-11)8(2)12-10/h4-5H,3,6-7,11H2,1-2H3. The summed E-state index contributed by atoms with van der Waals surface area (Å²) >= 11 is 0. The first-order valence-electron chi connectivity index (χ1n) is 4.57. The summed E-state index contributed by atoms with van der Waals surface area (Å²) < 4.78 is 5.38. The van der Waals surface area contributed by atoms with Crippen molar-refractivity contribution in [1.82, 2.24) is 4.98 Å². The number of nitrogens with zero attached hydrogens (tertiary/aromatic N) is 1. The molecule has 3 heteroatoms. The SMILES string of the molecule is CCCOc1ccc(CN)c(C)n1. The van der Waals surface area contributed by atoms with Gasteiger partial charge in [0.15, 0.2) is 0 Å². The van der Waals surface area contributed by atoms with Crippen LogP contribution >= 0.6 is 0 Å². The first-order valence-corrected chi connectivity index (χ1v) is 4.57. The van der Waals surface area contributed by atoms with E-state index in [4.69, 9.17) is 10.5 Å². The second-order valence-electron chi connectivity index (χ2n) is 2.95. The van der Waals surface area contributed by atoms with Crippen LogP contribution in [0, 0.1) is 6.92 Å². The van der Waals surface area contributed by atoms with Crippen molar-refractivity contribution >= 4 is 0 Å². The zero-order valence-corrected chi connectivity index (χ0v) is 8.21. The van der Waals surface area contributed by atoms with Gasteiger partial charge in [0.2, 0.25) is 5.88 Å². The predicted molar refractivity (Wildman–Crippen MR) is 52.7 cm³/mol. The fourth-order valence-corrected chi connectivity index (χ4v) is 1.07. The predicted octanol–water partition coefficient (Wildman–Crippen LogP) is 1.64. The van der Waals surface area contributed by atoms with E-state index < -0.39 is 0 Å². The molecule has 0 spiro atoms. The molecule has 0 unspecified atom stereocenters. The Morgan fingerprint density at radius 3 is 2.77 bits per heavy atom. The monoisotopic (exact) mass is 180 g/mol. The lowest BCUT2D eigenvalue weighted by atomic mass is 10.2. The van der Waals surface area contributed by atoms with Gasteiger partial charge in [0.25, 0.3) is 0 Å². The third-order valence-electron chi connectivity index (χ3n) is 1.84. The molecule has 0 aliphatic heterocycles. The van der Waals surface area contributed by atoms with Crippen molar-refractivity contribution in [3.63, 3.8) is 0 Å². The largest absolute Gasteiger partial charge is 0.478 e. The summed E-state index contributed by atoms with van der Waals surface area (Å²) in [6, 6.07) is 3.83. The molecule has 0 aliphatic rings. The first-order chi connectivity index (χ1) is 6.27. The molecule has 2 N–H and O–H groups in total. The zero-order valence-electron chi connectivity index (χ0n) is 8.21. The van der Waals surface area contributed by atoms with Crippen LogP contribution in [0.4, 0.5) is 0 Å². The Bertz CT molecular complexity index is 274. The Balaban J connectivity index is 2.71. The molecule has 72 valence electrons. The number of aryl methyl sites for hydroxylation is 1. The minimum Gasteiger partial charge on any atom is -0.478 e. The van der Waals surface area contributed by atoms with E-state index >= 15 is 0 Å². The van der Waals surface area contributed by atoms with Crippen molar-refractivity contribution in [2.45, 2.75) is 26.8 Å². The smallest absolute Gasteiger partial charge is 0.213 e. The van der Waals surface area contributed by atoms with Gasteiger partial charge in [-0.1, -0.05) is 13.0 Å². The highest BCUT2D eigenvalue weighted by Crippen LogP contribution is 2.11. The van der Waals surface area contributed by atoms with Crippen LogP contribution in [0.1, 0.15) is 24.6 Å². The van der Waals surface area contributed by atoms with Crippen molar-refractivity contribution in [2.24, 2.45) is 5.73 Å². The molecule has 0 atom stereocenters. The molecule has 0 radical (unpaired) electrons. The molecule has 0 saturated heterocycles. The summed E-state index contributed by atoms with van der Waals surface area (Å²) in [5, 5.41) is 0. The minimum absolute atomic E-state index is 0.535. The van der Waals surface area contributed by atoms with Crippen molar-refractivity contribution in [2.75, 3.05) is 6.61 Å². The van der Waals surface area contributed by atoms with E-state index in [1.54, 1.807) is 0 Å². The first kappa shape index (κ1) is 9.99. The highest BCUT2D eigenvalue weighted by Gasteiger charge is 1.99. The zero-order chi connectivity index (χ0) is 9.68. The van der Waals surface area contributed by atoms with Gasteiger partial charge in [0.05, 0.1) is 6.61 Å². The summed E-state index contributed by atoms with van der Waals surface area (Å²) in [6.07, 6.45) is 0.999. The molecule has 0 bridgehead atoms. The van der Waals surface area contributed by atoms with E-state index in [0.717, 1.165) is 17.7 Å². The highest BCUT2D eigenvalue weighted by atomic mass is 16.5. The molecule has 1 rings (SSSR count). The minimum atomic E-state index is 0.535. The third-order valence-corrected chi connectivity index (χ3v) is 1.84. The van der Waals surface area contributed by atoms with Gasteiger partial charge >= 0.3 is 0 Å². The summed E-state index contributed by atoms with van der Waals surface area (Å²) in [5.74, 6) is 0.691. The fraction of sp³-hybridized carbons (Fsp3) is 0.500. The summed E-state index contributed by atoms with van der Waals surface area (Å²) in [5.41, 5.74) is 7.55. The molecule has 0 aromatic carbocycles. The molecule has 0 aliphatic carbocycles. The molecule has 3 nitrogen and oxygen atoms in total. The van der Waals surface area contributed by atoms with Gasteiger partial charge in [0, 0.05) is 18.3 Å². The normalized spacial score (nSPS) is 10.1. The van der Waals surface area contributed by atoms with E-state index in [-0.39, 0.29) is 0 Å². The maximum atomic E-state index is 5.52. The van der Waals surface area contributed by atoms with Crippen LogP contribution in [0.15, 0.2) is 12.1 Å². The lowest BCUT2D eigenvalue weighted by Gasteiger charge is -2.06. The van der Waals surface area contributed by atoms with Crippen LogP contribution in [0.25, 0.3) is 0 Å². The molecule has 0 saturated carbocycles. The van der Waals surface area contributed by atoms with Crippen LogP contribution in [0.2, 0.25) is 0 Å². The van der Waals surface area contributed by atoms with Gasteiger partial charge in [-0.05, 0) is 18.9 Å². The van der Waals surface area contributed by atoms with Gasteiger partial charge in [-0.2, -0.15) is 0 Å². The number of rotatable bonds is 4. The van der Waals surface area contributed by atoms with Gasteiger partial charge < -0.3 is 10.5 Å². The van der Waals surface area contributed by atoms with E-state index in [1.807, 2.05) is 19.1 Å². The number of pyridine rings is 1. The second kappa shape index (κ2) is 4.82. The van der Waals surface area contributed by atoms with Crippen LogP contribution in [0.3, 0.4) is 0 Å². The van der Waals surface area contributed by atoms with Crippen LogP contribution in [-0.2, 0) is 6.54 Å². The van der Waals surface area contributed by atoms with E-state index in [0.29, 0.717) is 19.0 Å².